The first-order valence-corrected chi connectivity index (χ1v) is 13.3. The van der Waals surface area contributed by atoms with Gasteiger partial charge in [-0.3, -0.25) is 0 Å². The zero-order chi connectivity index (χ0) is 24.3. The number of allylic oxidation sites excluding steroid dienone is 2. The number of nitrogens with two attached hydrogens (primary N) is 1. The molecule has 12 heteroatoms. The molecule has 0 fully saturated rings. The fourth-order valence-corrected chi connectivity index (χ4v) is 5.72. The number of anilines is 1. The first-order valence-electron chi connectivity index (χ1n) is 10.7. The van der Waals surface area contributed by atoms with Gasteiger partial charge in [0.15, 0.2) is 33.7 Å². The van der Waals surface area contributed by atoms with Crippen LogP contribution in [0.4, 0.5) is 5.82 Å². The summed E-state index contributed by atoms with van der Waals surface area (Å²) in [5, 5.41) is 0.360. The van der Waals surface area contributed by atoms with E-state index in [-0.39, 0.29) is 29.5 Å². The van der Waals surface area contributed by atoms with Crippen LogP contribution in [0, 0.1) is 18.3 Å². The van der Waals surface area contributed by atoms with Crippen LogP contribution in [0.25, 0.3) is 11.2 Å². The maximum absolute atomic E-state index is 12.3. The van der Waals surface area contributed by atoms with E-state index in [1.54, 1.807) is 6.08 Å². The zero-order valence-corrected chi connectivity index (χ0v) is 20.5. The van der Waals surface area contributed by atoms with Gasteiger partial charge in [0.25, 0.3) is 0 Å². The molecule has 0 radical (unpaired) electrons. The van der Waals surface area contributed by atoms with Crippen LogP contribution in [-0.4, -0.2) is 52.3 Å². The second kappa shape index (κ2) is 10.1. The Morgan fingerprint density at radius 3 is 2.91 bits per heavy atom. The highest BCUT2D eigenvalue weighted by Crippen LogP contribution is 2.35. The number of terminal acetylenes is 1. The van der Waals surface area contributed by atoms with Crippen molar-refractivity contribution in [2.45, 2.75) is 37.2 Å². The average molecular weight is 503 g/mol. The molecule has 2 aromatic rings. The Labute approximate surface area is 202 Å². The summed E-state index contributed by atoms with van der Waals surface area (Å²) in [6.45, 7) is 4.85. The van der Waals surface area contributed by atoms with E-state index in [0.717, 1.165) is 0 Å². The number of nitrogens with one attached hydrogen (secondary N) is 1. The Balaban J connectivity index is 1.58. The second-order valence-corrected chi connectivity index (χ2v) is 11.2. The maximum Gasteiger partial charge on any atom is 0.231 e. The second-order valence-electron chi connectivity index (χ2n) is 8.17. The number of nitrogen functional groups attached to an aromatic ring is 1. The van der Waals surface area contributed by atoms with E-state index >= 15 is 0 Å². The number of hydrogen-bond acceptors (Lipinski definition) is 9. The third-order valence-electron chi connectivity index (χ3n) is 5.12. The van der Waals surface area contributed by atoms with Crippen molar-refractivity contribution in [2.24, 2.45) is 5.92 Å². The van der Waals surface area contributed by atoms with Gasteiger partial charge in [-0.2, -0.15) is 0 Å². The first kappa shape index (κ1) is 24.1. The number of aromatic nitrogens is 4. The lowest BCUT2D eigenvalue weighted by atomic mass is 10.2. The summed E-state index contributed by atoms with van der Waals surface area (Å²) in [5.74, 6) is 4.40. The van der Waals surface area contributed by atoms with Crippen LogP contribution in [0.15, 0.2) is 46.8 Å². The SMILES string of the molecule is C#CC1=CC2=C(C=CC1Sc1nc3c(N)ncnc3n1CCCS(=O)(=O)NCC(C)C)OCO2. The van der Waals surface area contributed by atoms with Crippen molar-refractivity contribution in [3.8, 4) is 12.3 Å². The van der Waals surface area contributed by atoms with Gasteiger partial charge >= 0.3 is 0 Å². The summed E-state index contributed by atoms with van der Waals surface area (Å²) in [5.41, 5.74) is 7.73. The van der Waals surface area contributed by atoms with Crippen LogP contribution in [0.1, 0.15) is 20.3 Å². The summed E-state index contributed by atoms with van der Waals surface area (Å²) < 4.78 is 40.1. The Kier molecular flexibility index (Phi) is 7.16. The average Bonchev–Trinajstić information content (AvgIpc) is 3.34. The van der Waals surface area contributed by atoms with Crippen molar-refractivity contribution >= 4 is 38.8 Å². The summed E-state index contributed by atoms with van der Waals surface area (Å²) in [4.78, 5) is 13.0. The normalized spacial score (nSPS) is 17.8. The molecule has 0 saturated carbocycles. The summed E-state index contributed by atoms with van der Waals surface area (Å²) in [6, 6.07) is 0. The summed E-state index contributed by atoms with van der Waals surface area (Å²) in [6.07, 6.45) is 13.1. The van der Waals surface area contributed by atoms with Gasteiger partial charge in [-0.1, -0.05) is 37.6 Å². The number of ether oxygens (including phenoxy) is 2. The number of aryl methyl sites for hydroxylation is 1. The molecule has 1 unspecified atom stereocenters. The van der Waals surface area contributed by atoms with Gasteiger partial charge in [0.05, 0.1) is 11.0 Å². The van der Waals surface area contributed by atoms with Crippen molar-refractivity contribution < 1.29 is 17.9 Å². The van der Waals surface area contributed by atoms with E-state index in [4.69, 9.17) is 21.6 Å². The van der Waals surface area contributed by atoms with Gasteiger partial charge < -0.3 is 19.8 Å². The van der Waals surface area contributed by atoms with Gasteiger partial charge in [0.1, 0.15) is 6.33 Å². The van der Waals surface area contributed by atoms with Gasteiger partial charge in [-0.15, -0.1) is 6.42 Å². The number of nitrogens with zero attached hydrogens (tertiary/aromatic N) is 4. The number of rotatable bonds is 9. The van der Waals surface area contributed by atoms with Gasteiger partial charge in [-0.25, -0.2) is 28.1 Å². The molecule has 2 aromatic heterocycles. The topological polar surface area (TPSA) is 134 Å². The molecule has 0 spiro atoms. The molecule has 2 aliphatic rings. The smallest absolute Gasteiger partial charge is 0.231 e. The fraction of sp³-hybridized carbons (Fsp3) is 0.409. The molecule has 34 heavy (non-hydrogen) atoms. The van der Waals surface area contributed by atoms with Crippen LogP contribution in [0.2, 0.25) is 0 Å². The monoisotopic (exact) mass is 502 g/mol. The lowest BCUT2D eigenvalue weighted by Crippen LogP contribution is -2.30. The standard InChI is InChI=1S/C22H26N6O4S2/c1-4-15-10-17-16(31-13-32-17)6-7-18(15)33-22-27-19-20(23)24-12-25-21(19)28(22)8-5-9-34(29,30)26-11-14(2)3/h1,6-7,10,12,14,18,26H,5,8-9,11,13H2,2-3H3,(H2,23,24,25). The van der Waals surface area contributed by atoms with Crippen LogP contribution >= 0.6 is 11.8 Å². The highest BCUT2D eigenvalue weighted by Gasteiger charge is 2.25. The molecule has 0 aromatic carbocycles. The van der Waals surface area contributed by atoms with E-state index < -0.39 is 10.0 Å². The minimum absolute atomic E-state index is 0.0196. The molecule has 0 bridgehead atoms. The largest absolute Gasteiger partial charge is 0.454 e. The Hall–Kier alpha value is -3.01. The van der Waals surface area contributed by atoms with Crippen molar-refractivity contribution in [1.29, 1.82) is 0 Å². The molecule has 180 valence electrons. The molecule has 1 atom stereocenters. The molecule has 10 nitrogen and oxygen atoms in total. The van der Waals surface area contributed by atoms with Gasteiger partial charge in [0.2, 0.25) is 16.8 Å². The van der Waals surface area contributed by atoms with Crippen molar-refractivity contribution in [3.05, 3.63) is 41.6 Å². The summed E-state index contributed by atoms with van der Waals surface area (Å²) >= 11 is 1.41. The third-order valence-corrected chi connectivity index (χ3v) is 7.74. The predicted molar refractivity (Wildman–Crippen MR) is 131 cm³/mol. The van der Waals surface area contributed by atoms with E-state index in [9.17, 15) is 8.42 Å². The highest BCUT2D eigenvalue weighted by atomic mass is 32.2. The molecule has 0 saturated heterocycles. The van der Waals surface area contributed by atoms with Crippen molar-refractivity contribution in [1.82, 2.24) is 24.2 Å². The minimum atomic E-state index is -3.39. The number of hydrogen-bond donors (Lipinski definition) is 2. The third kappa shape index (κ3) is 5.38. The minimum Gasteiger partial charge on any atom is -0.454 e. The van der Waals surface area contributed by atoms with Crippen LogP contribution in [0.3, 0.4) is 0 Å². The molecule has 3 heterocycles. The predicted octanol–water partition coefficient (Wildman–Crippen LogP) is 2.18. The Bertz CT molecular complexity index is 1320. The van der Waals surface area contributed by atoms with E-state index in [1.807, 2.05) is 30.6 Å². The summed E-state index contributed by atoms with van der Waals surface area (Å²) in [7, 11) is -3.39. The zero-order valence-electron chi connectivity index (χ0n) is 18.9. The van der Waals surface area contributed by atoms with Crippen molar-refractivity contribution in [2.75, 3.05) is 24.8 Å². The fourth-order valence-electron chi connectivity index (χ4n) is 3.39. The number of thioether (sulfide) groups is 1. The van der Waals surface area contributed by atoms with E-state index in [2.05, 4.69) is 25.6 Å². The maximum atomic E-state index is 12.3. The Morgan fingerprint density at radius 2 is 2.15 bits per heavy atom. The molecule has 0 amide bonds. The van der Waals surface area contributed by atoms with E-state index in [1.165, 1.54) is 18.1 Å². The van der Waals surface area contributed by atoms with Crippen LogP contribution in [-0.2, 0) is 26.0 Å². The molecule has 1 aliphatic carbocycles. The number of fused-ring (bicyclic) bond motifs is 1. The van der Waals surface area contributed by atoms with Crippen LogP contribution < -0.4 is 10.5 Å². The van der Waals surface area contributed by atoms with Gasteiger partial charge in [-0.05, 0) is 24.5 Å². The molecule has 1 aliphatic heterocycles. The van der Waals surface area contributed by atoms with Crippen molar-refractivity contribution in [3.63, 3.8) is 0 Å². The van der Waals surface area contributed by atoms with Crippen LogP contribution in [0.5, 0.6) is 0 Å². The highest BCUT2D eigenvalue weighted by molar-refractivity contribution is 8.00. The van der Waals surface area contributed by atoms with Gasteiger partial charge in [0, 0.05) is 18.7 Å². The molecular weight excluding hydrogens is 476 g/mol. The van der Waals surface area contributed by atoms with E-state index in [0.29, 0.717) is 52.9 Å². The number of sulfonamides is 1. The quantitative estimate of drug-likeness (QED) is 0.495. The molecular formula is C22H26N6O4S2. The lowest BCUT2D eigenvalue weighted by molar-refractivity contribution is 0.0776. The molecule has 3 N–H and O–H groups in total. The first-order chi connectivity index (χ1) is 16.3. The molecule has 4 rings (SSSR count). The Morgan fingerprint density at radius 1 is 1.35 bits per heavy atom. The number of imidazole rings is 1. The lowest BCUT2D eigenvalue weighted by Gasteiger charge is -2.14.